The van der Waals surface area contributed by atoms with Gasteiger partial charge in [-0.15, -0.1) is 6.58 Å². The van der Waals surface area contributed by atoms with E-state index in [0.29, 0.717) is 18.6 Å². The molecule has 0 aliphatic heterocycles. The van der Waals surface area contributed by atoms with E-state index in [2.05, 4.69) is 32.9 Å². The molecule has 2 aromatic rings. The van der Waals surface area contributed by atoms with Crippen LogP contribution in [0.1, 0.15) is 61.1 Å². The molecule has 0 aromatic carbocycles. The van der Waals surface area contributed by atoms with Crippen LogP contribution in [0.5, 0.6) is 0 Å². The fraction of sp³-hybridized carbons (Fsp3) is 0.500. The summed E-state index contributed by atoms with van der Waals surface area (Å²) in [5.41, 5.74) is 8.38. The van der Waals surface area contributed by atoms with Crippen molar-refractivity contribution in [1.29, 1.82) is 0 Å². The van der Waals surface area contributed by atoms with Crippen LogP contribution in [0, 0.1) is 0 Å². The van der Waals surface area contributed by atoms with Crippen molar-refractivity contribution in [3.8, 4) is 0 Å². The normalized spacial score (nSPS) is 19.2. The van der Waals surface area contributed by atoms with E-state index < -0.39 is 0 Å². The number of allylic oxidation sites excluding steroid dienone is 1. The number of aryl methyl sites for hydroxylation is 1. The lowest BCUT2D eigenvalue weighted by Crippen LogP contribution is -2.40. The molecule has 5 heteroatoms. The third-order valence-corrected chi connectivity index (χ3v) is 5.11. The Kier molecular flexibility index (Phi) is 6.36. The van der Waals surface area contributed by atoms with Crippen molar-refractivity contribution in [2.45, 2.75) is 56.5 Å². The number of hydrogen-bond donors (Lipinski definition) is 3. The lowest BCUT2D eigenvalue weighted by Gasteiger charge is -2.33. The van der Waals surface area contributed by atoms with Crippen molar-refractivity contribution >= 4 is 0 Å². The van der Waals surface area contributed by atoms with E-state index in [1.165, 1.54) is 17.7 Å². The highest BCUT2D eigenvalue weighted by molar-refractivity contribution is 5.25. The van der Waals surface area contributed by atoms with E-state index in [1.54, 1.807) is 0 Å². The summed E-state index contributed by atoms with van der Waals surface area (Å²) >= 11 is 0. The molecule has 1 aliphatic rings. The number of hydrogen-bond acceptors (Lipinski definition) is 4. The van der Waals surface area contributed by atoms with E-state index in [0.717, 1.165) is 37.9 Å². The van der Waals surface area contributed by atoms with Gasteiger partial charge in [0.1, 0.15) is 5.82 Å². The van der Waals surface area contributed by atoms with Crippen LogP contribution in [0.25, 0.3) is 0 Å². The van der Waals surface area contributed by atoms with Crippen molar-refractivity contribution in [1.82, 2.24) is 20.3 Å². The Morgan fingerprint density at radius 2 is 2.32 bits per heavy atom. The average Bonchev–Trinajstić information content (AvgIpc) is 3.18. The molecule has 0 saturated heterocycles. The maximum Gasteiger partial charge on any atom is 0.111 e. The van der Waals surface area contributed by atoms with E-state index in [9.17, 15) is 0 Å². The maximum absolute atomic E-state index is 5.80. The van der Waals surface area contributed by atoms with Crippen LogP contribution in [-0.2, 0) is 6.42 Å². The Morgan fingerprint density at radius 3 is 3.08 bits per heavy atom. The number of rotatable bonds is 9. The van der Waals surface area contributed by atoms with Gasteiger partial charge in [-0.25, -0.2) is 4.98 Å². The first kappa shape index (κ1) is 17.8. The molecule has 1 aliphatic carbocycles. The number of imidazole rings is 1. The van der Waals surface area contributed by atoms with Crippen LogP contribution in [-0.4, -0.2) is 27.5 Å². The van der Waals surface area contributed by atoms with Crippen LogP contribution in [0.3, 0.4) is 0 Å². The first-order chi connectivity index (χ1) is 12.3. The second-order valence-electron chi connectivity index (χ2n) is 6.80. The molecule has 25 heavy (non-hydrogen) atoms. The topological polar surface area (TPSA) is 79.6 Å². The summed E-state index contributed by atoms with van der Waals surface area (Å²) < 4.78 is 0. The van der Waals surface area contributed by atoms with E-state index >= 15 is 0 Å². The molecule has 0 spiro atoms. The standard InChI is InChI=1S/C20H29N5/c1-2-6-16(20-23-13-14-24-20)17(10-4-11-21)25-18-9-3-7-15-8-5-12-22-19(15)18/h2,5,8,12-14,16-18,25H,1,3-4,6-7,9-11,21H2,(H,23,24)/t16?,17?,18-/m0/s1. The number of H-pyrrole nitrogens is 1. The van der Waals surface area contributed by atoms with Crippen molar-refractivity contribution in [2.24, 2.45) is 5.73 Å². The van der Waals surface area contributed by atoms with E-state index in [1.807, 2.05) is 30.7 Å². The SMILES string of the molecule is C=CCC(c1ncc[nH]1)C(CCCN)N[C@H]1CCCc2cccnc21. The second-order valence-corrected chi connectivity index (χ2v) is 6.80. The summed E-state index contributed by atoms with van der Waals surface area (Å²) in [5, 5.41) is 3.89. The zero-order valence-corrected chi connectivity index (χ0v) is 14.8. The lowest BCUT2D eigenvalue weighted by molar-refractivity contribution is 0.324. The molecular weight excluding hydrogens is 310 g/mol. The quantitative estimate of drug-likeness (QED) is 0.613. The molecular formula is C20H29N5. The van der Waals surface area contributed by atoms with Gasteiger partial charge in [0.2, 0.25) is 0 Å². The van der Waals surface area contributed by atoms with Crippen LogP contribution >= 0.6 is 0 Å². The number of fused-ring (bicyclic) bond motifs is 1. The minimum absolute atomic E-state index is 0.271. The molecule has 3 rings (SSSR count). The zero-order valence-electron chi connectivity index (χ0n) is 14.8. The number of nitrogens with one attached hydrogen (secondary N) is 2. The van der Waals surface area contributed by atoms with Gasteiger partial charge in [-0.1, -0.05) is 12.1 Å². The van der Waals surface area contributed by atoms with Crippen LogP contribution in [0.4, 0.5) is 0 Å². The van der Waals surface area contributed by atoms with Crippen molar-refractivity contribution in [2.75, 3.05) is 6.54 Å². The van der Waals surface area contributed by atoms with Gasteiger partial charge in [0.05, 0.1) is 5.69 Å². The van der Waals surface area contributed by atoms with E-state index in [4.69, 9.17) is 5.73 Å². The summed E-state index contributed by atoms with van der Waals surface area (Å²) in [6, 6.07) is 4.84. The third kappa shape index (κ3) is 4.35. The lowest BCUT2D eigenvalue weighted by atomic mass is 9.87. The molecule has 2 heterocycles. The first-order valence-electron chi connectivity index (χ1n) is 9.33. The number of aromatic amines is 1. The largest absolute Gasteiger partial charge is 0.348 e. The molecule has 0 saturated carbocycles. The predicted octanol–water partition coefficient (Wildman–Crippen LogP) is 3.24. The van der Waals surface area contributed by atoms with Crippen LogP contribution < -0.4 is 11.1 Å². The summed E-state index contributed by atoms with van der Waals surface area (Å²) in [5.74, 6) is 1.29. The summed E-state index contributed by atoms with van der Waals surface area (Å²) in [6.07, 6.45) is 14.0. The Balaban J connectivity index is 1.82. The van der Waals surface area contributed by atoms with Gasteiger partial charge >= 0.3 is 0 Å². The minimum Gasteiger partial charge on any atom is -0.348 e. The highest BCUT2D eigenvalue weighted by atomic mass is 15.0. The third-order valence-electron chi connectivity index (χ3n) is 5.11. The van der Waals surface area contributed by atoms with Gasteiger partial charge in [-0.3, -0.25) is 4.98 Å². The minimum atomic E-state index is 0.271. The number of nitrogens with two attached hydrogens (primary N) is 1. The molecule has 2 aromatic heterocycles. The molecule has 4 N–H and O–H groups in total. The highest BCUT2D eigenvalue weighted by Gasteiger charge is 2.29. The van der Waals surface area contributed by atoms with Gasteiger partial charge in [0.15, 0.2) is 0 Å². The molecule has 0 fully saturated rings. The highest BCUT2D eigenvalue weighted by Crippen LogP contribution is 2.32. The molecule has 5 nitrogen and oxygen atoms in total. The number of nitrogens with zero attached hydrogens (tertiary/aromatic N) is 2. The van der Waals surface area contributed by atoms with Gasteiger partial charge in [0.25, 0.3) is 0 Å². The Bertz CT molecular complexity index is 652. The van der Waals surface area contributed by atoms with Crippen molar-refractivity contribution in [3.63, 3.8) is 0 Å². The monoisotopic (exact) mass is 339 g/mol. The fourth-order valence-electron chi connectivity index (χ4n) is 3.89. The Morgan fingerprint density at radius 1 is 1.40 bits per heavy atom. The summed E-state index contributed by atoms with van der Waals surface area (Å²) in [4.78, 5) is 12.5. The molecule has 3 atom stereocenters. The van der Waals surface area contributed by atoms with Gasteiger partial charge in [-0.2, -0.15) is 0 Å². The fourth-order valence-corrected chi connectivity index (χ4v) is 3.89. The number of pyridine rings is 1. The van der Waals surface area contributed by atoms with E-state index in [-0.39, 0.29) is 5.92 Å². The molecule has 0 amide bonds. The van der Waals surface area contributed by atoms with Crippen molar-refractivity contribution < 1.29 is 0 Å². The Labute approximate surface area is 150 Å². The molecule has 0 bridgehead atoms. The summed E-state index contributed by atoms with van der Waals surface area (Å²) in [7, 11) is 0. The molecule has 134 valence electrons. The molecule has 0 radical (unpaired) electrons. The maximum atomic E-state index is 5.80. The second kappa shape index (κ2) is 8.92. The van der Waals surface area contributed by atoms with Crippen molar-refractivity contribution in [3.05, 3.63) is 60.5 Å². The predicted molar refractivity (Wildman–Crippen MR) is 101 cm³/mol. The average molecular weight is 339 g/mol. The van der Waals surface area contributed by atoms with Crippen LogP contribution in [0.15, 0.2) is 43.4 Å². The zero-order chi connectivity index (χ0) is 17.5. The van der Waals surface area contributed by atoms with Gasteiger partial charge in [0, 0.05) is 36.6 Å². The summed E-state index contributed by atoms with van der Waals surface area (Å²) in [6.45, 7) is 4.65. The first-order valence-corrected chi connectivity index (χ1v) is 9.33. The Hall–Kier alpha value is -1.98. The number of aromatic nitrogens is 3. The van der Waals surface area contributed by atoms with Crippen LogP contribution in [0.2, 0.25) is 0 Å². The smallest absolute Gasteiger partial charge is 0.111 e. The molecule has 2 unspecified atom stereocenters. The van der Waals surface area contributed by atoms with Gasteiger partial charge in [-0.05, 0) is 56.7 Å². The van der Waals surface area contributed by atoms with Gasteiger partial charge < -0.3 is 16.0 Å².